The van der Waals surface area contributed by atoms with Crippen LogP contribution >= 0.6 is 12.2 Å². The van der Waals surface area contributed by atoms with Crippen LogP contribution in [0.5, 0.6) is 0 Å². The third-order valence-electron chi connectivity index (χ3n) is 3.77. The number of aromatic nitrogens is 4. The predicted octanol–water partition coefficient (Wildman–Crippen LogP) is 1.37. The minimum Gasteiger partial charge on any atom is -0.330 e. The van der Waals surface area contributed by atoms with E-state index in [1.807, 2.05) is 0 Å². The van der Waals surface area contributed by atoms with Gasteiger partial charge in [0.15, 0.2) is 0 Å². The summed E-state index contributed by atoms with van der Waals surface area (Å²) >= 11 is 5.19. The number of hydrogen-bond donors (Lipinski definition) is 2. The standard InChI is InChI=1S/C16H10N4O3S/c21-13-9-5-1-3-7-11(9)17-15(23)19(13)20-14(22)10-6-2-4-8-12(10)18-16(20)24/h1-8H,(H,17,23)(H,18,24). The van der Waals surface area contributed by atoms with E-state index in [1.54, 1.807) is 48.5 Å². The molecule has 0 radical (unpaired) electrons. The van der Waals surface area contributed by atoms with Crippen LogP contribution in [0.2, 0.25) is 0 Å². The summed E-state index contributed by atoms with van der Waals surface area (Å²) in [5.74, 6) is 0. The Labute approximate surface area is 138 Å². The van der Waals surface area contributed by atoms with Gasteiger partial charge in [0.25, 0.3) is 11.1 Å². The fourth-order valence-electron chi connectivity index (χ4n) is 2.67. The summed E-state index contributed by atoms with van der Waals surface area (Å²) in [5.41, 5.74) is -0.972. The number of fused-ring (bicyclic) bond motifs is 2. The highest BCUT2D eigenvalue weighted by atomic mass is 32.1. The topological polar surface area (TPSA) is 92.7 Å². The van der Waals surface area contributed by atoms with Crippen LogP contribution in [-0.4, -0.2) is 19.3 Å². The molecule has 2 aromatic heterocycles. The summed E-state index contributed by atoms with van der Waals surface area (Å²) in [4.78, 5) is 43.3. The van der Waals surface area contributed by atoms with E-state index in [1.165, 1.54) is 0 Å². The smallest absolute Gasteiger partial charge is 0.330 e. The van der Waals surface area contributed by atoms with Gasteiger partial charge in [-0.25, -0.2) is 4.79 Å². The summed E-state index contributed by atoms with van der Waals surface area (Å²) in [6.07, 6.45) is 0. The van der Waals surface area contributed by atoms with Crippen LogP contribution in [0.25, 0.3) is 21.8 Å². The fourth-order valence-corrected chi connectivity index (χ4v) is 2.94. The van der Waals surface area contributed by atoms with E-state index in [0.29, 0.717) is 16.4 Å². The van der Waals surface area contributed by atoms with Crippen LogP contribution in [-0.2, 0) is 0 Å². The highest BCUT2D eigenvalue weighted by molar-refractivity contribution is 7.71. The van der Waals surface area contributed by atoms with Crippen molar-refractivity contribution in [1.82, 2.24) is 19.3 Å². The van der Waals surface area contributed by atoms with Crippen molar-refractivity contribution < 1.29 is 0 Å². The van der Waals surface area contributed by atoms with Gasteiger partial charge >= 0.3 is 5.69 Å². The molecule has 0 aliphatic heterocycles. The highest BCUT2D eigenvalue weighted by Gasteiger charge is 2.13. The van der Waals surface area contributed by atoms with Gasteiger partial charge in [-0.3, -0.25) is 9.59 Å². The average molecular weight is 338 g/mol. The summed E-state index contributed by atoms with van der Waals surface area (Å²) in [6, 6.07) is 13.3. The molecule has 4 rings (SSSR count). The van der Waals surface area contributed by atoms with Gasteiger partial charge in [-0.2, -0.15) is 9.35 Å². The molecular weight excluding hydrogens is 328 g/mol. The van der Waals surface area contributed by atoms with Crippen molar-refractivity contribution in [3.63, 3.8) is 0 Å². The second-order valence-corrected chi connectivity index (χ2v) is 5.57. The predicted molar refractivity (Wildman–Crippen MR) is 93.0 cm³/mol. The normalized spacial score (nSPS) is 11.2. The van der Waals surface area contributed by atoms with E-state index < -0.39 is 16.8 Å². The minimum absolute atomic E-state index is 0.0402. The molecule has 0 atom stereocenters. The molecule has 24 heavy (non-hydrogen) atoms. The van der Waals surface area contributed by atoms with Gasteiger partial charge in [0, 0.05) is 0 Å². The molecule has 7 nitrogen and oxygen atoms in total. The molecule has 0 saturated heterocycles. The van der Waals surface area contributed by atoms with Crippen LogP contribution < -0.4 is 16.8 Å². The number of para-hydroxylation sites is 2. The monoisotopic (exact) mass is 338 g/mol. The number of hydrogen-bond acceptors (Lipinski definition) is 4. The van der Waals surface area contributed by atoms with E-state index in [-0.39, 0.29) is 10.2 Å². The van der Waals surface area contributed by atoms with Crippen LogP contribution in [0.4, 0.5) is 0 Å². The second-order valence-electron chi connectivity index (χ2n) is 5.19. The maximum absolute atomic E-state index is 12.8. The first-order valence-corrected chi connectivity index (χ1v) is 7.47. The average Bonchev–Trinajstić information content (AvgIpc) is 2.57. The molecule has 0 saturated carbocycles. The molecule has 0 aliphatic carbocycles. The molecule has 0 unspecified atom stereocenters. The lowest BCUT2D eigenvalue weighted by molar-refractivity contribution is 0.560. The molecule has 4 aromatic rings. The molecule has 8 heteroatoms. The third kappa shape index (κ3) is 1.97. The van der Waals surface area contributed by atoms with Crippen LogP contribution in [0.15, 0.2) is 62.9 Å². The lowest BCUT2D eigenvalue weighted by Gasteiger charge is -2.10. The van der Waals surface area contributed by atoms with Gasteiger partial charge in [0.2, 0.25) is 4.77 Å². The molecule has 2 aromatic carbocycles. The van der Waals surface area contributed by atoms with Gasteiger partial charge in [-0.05, 0) is 36.5 Å². The Morgan fingerprint density at radius 2 is 1.21 bits per heavy atom. The lowest BCUT2D eigenvalue weighted by Crippen LogP contribution is -2.45. The Kier molecular flexibility index (Phi) is 3.07. The second kappa shape index (κ2) is 5.14. The number of benzene rings is 2. The van der Waals surface area contributed by atoms with Gasteiger partial charge in [0.1, 0.15) is 0 Å². The molecule has 118 valence electrons. The zero-order valence-corrected chi connectivity index (χ0v) is 13.0. The van der Waals surface area contributed by atoms with Crippen LogP contribution in [0.1, 0.15) is 0 Å². The highest BCUT2D eigenvalue weighted by Crippen LogP contribution is 2.06. The number of aromatic amines is 2. The van der Waals surface area contributed by atoms with Crippen LogP contribution in [0, 0.1) is 4.77 Å². The molecule has 0 spiro atoms. The Morgan fingerprint density at radius 1 is 0.708 bits per heavy atom. The molecule has 0 amide bonds. The fraction of sp³-hybridized carbons (Fsp3) is 0. The van der Waals surface area contributed by atoms with E-state index in [0.717, 1.165) is 9.35 Å². The first-order chi connectivity index (χ1) is 11.6. The maximum Gasteiger partial charge on any atom is 0.348 e. The van der Waals surface area contributed by atoms with Gasteiger partial charge in [0.05, 0.1) is 21.8 Å². The summed E-state index contributed by atoms with van der Waals surface area (Å²) in [5, 5.41) is 0.608. The quantitative estimate of drug-likeness (QED) is 0.513. The number of nitrogens with zero attached hydrogens (tertiary/aromatic N) is 2. The van der Waals surface area contributed by atoms with Gasteiger partial charge < -0.3 is 9.97 Å². The molecule has 0 fully saturated rings. The van der Waals surface area contributed by atoms with Crippen molar-refractivity contribution in [1.29, 1.82) is 0 Å². The Morgan fingerprint density at radius 3 is 1.83 bits per heavy atom. The largest absolute Gasteiger partial charge is 0.348 e. The molecule has 0 aliphatic rings. The summed E-state index contributed by atoms with van der Waals surface area (Å²) < 4.78 is 1.56. The molecule has 2 N–H and O–H groups in total. The zero-order valence-electron chi connectivity index (χ0n) is 12.1. The van der Waals surface area contributed by atoms with Gasteiger partial charge in [-0.1, -0.05) is 24.3 Å². The van der Waals surface area contributed by atoms with Crippen molar-refractivity contribution in [3.05, 3.63) is 84.5 Å². The molecule has 0 bridgehead atoms. The van der Waals surface area contributed by atoms with E-state index in [4.69, 9.17) is 12.2 Å². The first kappa shape index (κ1) is 14.3. The van der Waals surface area contributed by atoms with E-state index >= 15 is 0 Å². The zero-order chi connectivity index (χ0) is 16.8. The third-order valence-corrected chi connectivity index (χ3v) is 4.04. The van der Waals surface area contributed by atoms with Crippen molar-refractivity contribution in [2.45, 2.75) is 0 Å². The van der Waals surface area contributed by atoms with Crippen LogP contribution in [0.3, 0.4) is 0 Å². The SMILES string of the molecule is O=c1[nH]c2ccccc2c(=O)n1-n1c(=S)[nH]c2ccccc2c1=O. The Hall–Kier alpha value is -3.26. The van der Waals surface area contributed by atoms with E-state index in [9.17, 15) is 14.4 Å². The Bertz CT molecular complexity index is 1240. The number of nitrogens with one attached hydrogen (secondary N) is 2. The number of H-pyrrole nitrogens is 2. The number of rotatable bonds is 1. The van der Waals surface area contributed by atoms with Crippen molar-refractivity contribution in [3.8, 4) is 0 Å². The van der Waals surface area contributed by atoms with Crippen molar-refractivity contribution in [2.75, 3.05) is 0 Å². The maximum atomic E-state index is 12.8. The van der Waals surface area contributed by atoms with Crippen molar-refractivity contribution >= 4 is 34.0 Å². The lowest BCUT2D eigenvalue weighted by atomic mass is 10.2. The Balaban J connectivity index is 2.23. The summed E-state index contributed by atoms with van der Waals surface area (Å²) in [6.45, 7) is 0. The minimum atomic E-state index is -0.740. The molecule has 2 heterocycles. The first-order valence-electron chi connectivity index (χ1n) is 7.07. The summed E-state index contributed by atoms with van der Waals surface area (Å²) in [7, 11) is 0. The molecular formula is C16H10N4O3S. The van der Waals surface area contributed by atoms with Crippen molar-refractivity contribution in [2.24, 2.45) is 0 Å². The van der Waals surface area contributed by atoms with Gasteiger partial charge in [-0.15, -0.1) is 0 Å². The van der Waals surface area contributed by atoms with E-state index in [2.05, 4.69) is 9.97 Å².